The molecule has 2 heterocycles. The Kier molecular flexibility index (Phi) is 8.83. The molecule has 0 radical (unpaired) electrons. The van der Waals surface area contributed by atoms with Gasteiger partial charge in [-0.25, -0.2) is 0 Å². The summed E-state index contributed by atoms with van der Waals surface area (Å²) in [5.41, 5.74) is 4.85. The van der Waals surface area contributed by atoms with Gasteiger partial charge in [-0.1, -0.05) is 48.5 Å². The number of hydrogen-bond acceptors (Lipinski definition) is 7. The molecule has 1 fully saturated rings. The molecule has 0 saturated carbocycles. The maximum Gasteiger partial charge on any atom is 0.253 e. The number of nitrogens with zero attached hydrogens (tertiary/aromatic N) is 5. The SMILES string of the molecule is CCCN(CCC)C(=O)C1=Cc2ccc(-c3ccc(C(=O)N4CC[C@H](N=O)C4)cc3)cc2NC(N=NN)C1. The van der Waals surface area contributed by atoms with Crippen molar-refractivity contribution in [1.29, 1.82) is 0 Å². The highest BCUT2D eigenvalue weighted by Gasteiger charge is 2.28. The minimum absolute atomic E-state index is 0.0122. The number of amides is 2. The summed E-state index contributed by atoms with van der Waals surface area (Å²) in [5, 5.41) is 14.1. The Morgan fingerprint density at radius 2 is 1.79 bits per heavy atom. The first-order valence-corrected chi connectivity index (χ1v) is 13.2. The zero-order chi connectivity index (χ0) is 27.1. The first kappa shape index (κ1) is 27.0. The van der Waals surface area contributed by atoms with Crippen molar-refractivity contribution in [3.05, 3.63) is 64.1 Å². The molecule has 0 spiro atoms. The van der Waals surface area contributed by atoms with Crippen LogP contribution in [-0.4, -0.2) is 60.0 Å². The van der Waals surface area contributed by atoms with E-state index < -0.39 is 6.17 Å². The number of nitrogens with two attached hydrogens (primary N) is 1. The van der Waals surface area contributed by atoms with Gasteiger partial charge in [0.1, 0.15) is 12.2 Å². The van der Waals surface area contributed by atoms with Crippen molar-refractivity contribution in [1.82, 2.24) is 9.80 Å². The molecule has 4 rings (SSSR count). The largest absolute Gasteiger partial charge is 0.361 e. The van der Waals surface area contributed by atoms with E-state index in [0.29, 0.717) is 50.2 Å². The lowest BCUT2D eigenvalue weighted by Crippen LogP contribution is -2.34. The highest BCUT2D eigenvalue weighted by molar-refractivity contribution is 5.99. The van der Waals surface area contributed by atoms with Crippen LogP contribution < -0.4 is 11.2 Å². The number of fused-ring (bicyclic) bond motifs is 1. The van der Waals surface area contributed by atoms with E-state index in [4.69, 9.17) is 5.84 Å². The molecular formula is C28H35N7O3. The Morgan fingerprint density at radius 3 is 2.42 bits per heavy atom. The van der Waals surface area contributed by atoms with Crippen molar-refractivity contribution in [2.45, 2.75) is 51.7 Å². The van der Waals surface area contributed by atoms with Crippen LogP contribution in [0.1, 0.15) is 55.5 Å². The fraction of sp³-hybridized carbons (Fsp3) is 0.429. The van der Waals surface area contributed by atoms with E-state index >= 15 is 0 Å². The molecule has 1 unspecified atom stereocenters. The van der Waals surface area contributed by atoms with Gasteiger partial charge in [-0.3, -0.25) is 9.59 Å². The number of likely N-dealkylation sites (tertiary alicyclic amines) is 1. The number of nitroso groups, excluding NO2 is 1. The van der Waals surface area contributed by atoms with Gasteiger partial charge < -0.3 is 21.0 Å². The Balaban J connectivity index is 1.59. The van der Waals surface area contributed by atoms with Crippen LogP contribution in [-0.2, 0) is 4.79 Å². The van der Waals surface area contributed by atoms with E-state index in [-0.39, 0.29) is 17.9 Å². The van der Waals surface area contributed by atoms with Gasteiger partial charge >= 0.3 is 0 Å². The van der Waals surface area contributed by atoms with Gasteiger partial charge in [0.25, 0.3) is 5.91 Å². The molecule has 200 valence electrons. The standard InChI is InChI=1S/C28H35N7O3/c1-3-12-34(13-4-2)28(37)23-15-22-10-9-21(16-25(22)30-26(17-23)31-33-29)19-5-7-20(8-6-19)27(36)35-14-11-24(18-35)32-38/h5-10,15-16,24,26,30H,3-4,11-14,17-18H2,1-2H3,(H2,29,31)/t24-,26?/m0/s1. The third-order valence-electron chi connectivity index (χ3n) is 6.94. The molecule has 0 aliphatic carbocycles. The molecule has 10 heteroatoms. The van der Waals surface area contributed by atoms with Gasteiger partial charge in [-0.15, -0.1) is 5.11 Å². The van der Waals surface area contributed by atoms with Crippen LogP contribution in [0.3, 0.4) is 0 Å². The normalized spacial score (nSPS) is 18.9. The Hall–Kier alpha value is -4.08. The molecule has 3 N–H and O–H groups in total. The molecule has 38 heavy (non-hydrogen) atoms. The number of hydrogen-bond donors (Lipinski definition) is 2. The Labute approximate surface area is 222 Å². The summed E-state index contributed by atoms with van der Waals surface area (Å²) < 4.78 is 0. The van der Waals surface area contributed by atoms with Gasteiger partial charge in [0.05, 0.1) is 0 Å². The number of nitrogens with one attached hydrogen (secondary N) is 1. The van der Waals surface area contributed by atoms with Crippen LogP contribution in [0.15, 0.2) is 63.6 Å². The molecule has 2 amide bonds. The summed E-state index contributed by atoms with van der Waals surface area (Å²) in [6.45, 7) is 6.46. The molecule has 1 saturated heterocycles. The van der Waals surface area contributed by atoms with Crippen LogP contribution in [0, 0.1) is 4.91 Å². The minimum atomic E-state index is -0.470. The summed E-state index contributed by atoms with van der Waals surface area (Å²) in [4.78, 5) is 40.5. The summed E-state index contributed by atoms with van der Waals surface area (Å²) in [6.07, 6.45) is 4.22. The second-order valence-electron chi connectivity index (χ2n) is 9.74. The Morgan fingerprint density at radius 1 is 1.08 bits per heavy atom. The van der Waals surface area contributed by atoms with E-state index in [1.165, 1.54) is 0 Å². The van der Waals surface area contributed by atoms with Crippen molar-refractivity contribution >= 4 is 23.6 Å². The smallest absolute Gasteiger partial charge is 0.253 e. The quantitative estimate of drug-likeness (QED) is 0.213. The van der Waals surface area contributed by atoms with Crippen molar-refractivity contribution < 1.29 is 9.59 Å². The number of benzene rings is 2. The number of rotatable bonds is 9. The highest BCUT2D eigenvalue weighted by atomic mass is 16.3. The predicted octanol–water partition coefficient (Wildman–Crippen LogP) is 4.83. The minimum Gasteiger partial charge on any atom is -0.361 e. The lowest BCUT2D eigenvalue weighted by molar-refractivity contribution is -0.127. The van der Waals surface area contributed by atoms with E-state index in [0.717, 1.165) is 35.2 Å². The lowest BCUT2D eigenvalue weighted by atomic mass is 10.00. The highest BCUT2D eigenvalue weighted by Crippen LogP contribution is 2.32. The van der Waals surface area contributed by atoms with Crippen molar-refractivity contribution in [3.63, 3.8) is 0 Å². The van der Waals surface area contributed by atoms with Crippen LogP contribution >= 0.6 is 0 Å². The number of anilines is 1. The fourth-order valence-electron chi connectivity index (χ4n) is 5.03. The van der Waals surface area contributed by atoms with Gasteiger partial charge in [0, 0.05) is 49.4 Å². The summed E-state index contributed by atoms with van der Waals surface area (Å²) in [5.74, 6) is 5.30. The fourth-order valence-corrected chi connectivity index (χ4v) is 5.03. The van der Waals surface area contributed by atoms with Crippen molar-refractivity contribution in [2.24, 2.45) is 21.4 Å². The molecule has 2 atom stereocenters. The average Bonchev–Trinajstić information content (AvgIpc) is 3.34. The van der Waals surface area contributed by atoms with Crippen LogP contribution in [0.4, 0.5) is 5.69 Å². The summed E-state index contributed by atoms with van der Waals surface area (Å²) in [6, 6.07) is 13.1. The van der Waals surface area contributed by atoms with Crippen LogP contribution in [0.2, 0.25) is 0 Å². The van der Waals surface area contributed by atoms with E-state index in [1.807, 2.05) is 41.3 Å². The lowest BCUT2D eigenvalue weighted by Gasteiger charge is -2.23. The molecule has 0 aromatic heterocycles. The molecule has 2 aliphatic rings. The molecule has 0 bridgehead atoms. The average molecular weight is 518 g/mol. The topological polar surface area (TPSA) is 133 Å². The molecule has 2 aromatic carbocycles. The maximum atomic E-state index is 13.4. The second kappa shape index (κ2) is 12.4. The zero-order valence-corrected chi connectivity index (χ0v) is 22.0. The first-order valence-electron chi connectivity index (χ1n) is 13.2. The molecule has 10 nitrogen and oxygen atoms in total. The van der Waals surface area contributed by atoms with Crippen molar-refractivity contribution in [2.75, 3.05) is 31.5 Å². The van der Waals surface area contributed by atoms with E-state index in [1.54, 1.807) is 17.0 Å². The van der Waals surface area contributed by atoms with Gasteiger partial charge in [0.2, 0.25) is 5.91 Å². The number of carbonyl (C=O) groups is 2. The molecule has 2 aromatic rings. The predicted molar refractivity (Wildman–Crippen MR) is 148 cm³/mol. The van der Waals surface area contributed by atoms with Gasteiger partial charge in [-0.05, 0) is 60.2 Å². The molecular weight excluding hydrogens is 482 g/mol. The van der Waals surface area contributed by atoms with E-state index in [9.17, 15) is 14.5 Å². The van der Waals surface area contributed by atoms with Gasteiger partial charge in [0.15, 0.2) is 0 Å². The first-order chi connectivity index (χ1) is 18.5. The second-order valence-corrected chi connectivity index (χ2v) is 9.74. The van der Waals surface area contributed by atoms with Gasteiger partial charge in [-0.2, -0.15) is 4.91 Å². The Bertz CT molecular complexity index is 1220. The van der Waals surface area contributed by atoms with Crippen LogP contribution in [0.5, 0.6) is 0 Å². The summed E-state index contributed by atoms with van der Waals surface area (Å²) >= 11 is 0. The monoisotopic (exact) mass is 517 g/mol. The third kappa shape index (κ3) is 6.07. The van der Waals surface area contributed by atoms with Crippen molar-refractivity contribution in [3.8, 4) is 11.1 Å². The maximum absolute atomic E-state index is 13.4. The van der Waals surface area contributed by atoms with Crippen LogP contribution in [0.25, 0.3) is 17.2 Å². The summed E-state index contributed by atoms with van der Waals surface area (Å²) in [7, 11) is 0. The van der Waals surface area contributed by atoms with E-state index in [2.05, 4.69) is 34.7 Å². The zero-order valence-electron chi connectivity index (χ0n) is 22.0. The number of carbonyl (C=O) groups excluding carboxylic acids is 2. The molecule has 2 aliphatic heterocycles. The third-order valence-corrected chi connectivity index (χ3v) is 6.94.